The molecule has 2 amide bonds. The van der Waals surface area contributed by atoms with Crippen LogP contribution < -0.4 is 5.32 Å². The Kier molecular flexibility index (Phi) is 4.94. The Bertz CT molecular complexity index is 567. The first kappa shape index (κ1) is 16.0. The lowest BCUT2D eigenvalue weighted by molar-refractivity contribution is -0.130. The third-order valence-corrected chi connectivity index (χ3v) is 4.92. The van der Waals surface area contributed by atoms with Gasteiger partial charge in [-0.3, -0.25) is 9.59 Å². The second-order valence-corrected chi connectivity index (χ2v) is 6.55. The Hall–Kier alpha value is -1.91. The average molecular weight is 318 g/mol. The molecule has 1 N–H and O–H groups in total. The molecule has 2 fully saturated rings. The van der Waals surface area contributed by atoms with Gasteiger partial charge < -0.3 is 10.2 Å². The van der Waals surface area contributed by atoms with Crippen molar-refractivity contribution in [1.82, 2.24) is 10.2 Å². The second-order valence-electron chi connectivity index (χ2n) is 6.55. The summed E-state index contributed by atoms with van der Waals surface area (Å²) in [6.07, 6.45) is 5.51. The van der Waals surface area contributed by atoms with E-state index in [-0.39, 0.29) is 23.5 Å². The molecule has 1 aromatic rings. The third kappa shape index (κ3) is 3.89. The summed E-state index contributed by atoms with van der Waals surface area (Å²) >= 11 is 0. The van der Waals surface area contributed by atoms with E-state index in [0.717, 1.165) is 18.4 Å². The van der Waals surface area contributed by atoms with Crippen molar-refractivity contribution in [2.75, 3.05) is 13.1 Å². The molecule has 3 rings (SSSR count). The van der Waals surface area contributed by atoms with Crippen LogP contribution in [0.25, 0.3) is 0 Å². The van der Waals surface area contributed by atoms with E-state index < -0.39 is 0 Å². The van der Waals surface area contributed by atoms with E-state index in [9.17, 15) is 14.0 Å². The third-order valence-electron chi connectivity index (χ3n) is 4.92. The van der Waals surface area contributed by atoms with Crippen LogP contribution in [-0.4, -0.2) is 35.8 Å². The molecular formula is C18H23FN2O2. The molecule has 0 radical (unpaired) electrons. The fourth-order valence-corrected chi connectivity index (χ4v) is 3.60. The van der Waals surface area contributed by atoms with Crippen LogP contribution in [0.1, 0.15) is 37.7 Å². The van der Waals surface area contributed by atoms with E-state index in [2.05, 4.69) is 5.32 Å². The van der Waals surface area contributed by atoms with Crippen LogP contribution >= 0.6 is 0 Å². The predicted octanol–water partition coefficient (Wildman–Crippen LogP) is 2.28. The number of likely N-dealkylation sites (tertiary alicyclic amines) is 1. The van der Waals surface area contributed by atoms with Gasteiger partial charge in [0.15, 0.2) is 0 Å². The van der Waals surface area contributed by atoms with Crippen molar-refractivity contribution in [3.8, 4) is 0 Å². The van der Waals surface area contributed by atoms with E-state index >= 15 is 0 Å². The lowest BCUT2D eigenvalue weighted by atomic mass is 10.1. The lowest BCUT2D eigenvalue weighted by Crippen LogP contribution is -2.37. The van der Waals surface area contributed by atoms with E-state index in [1.54, 1.807) is 12.1 Å². The summed E-state index contributed by atoms with van der Waals surface area (Å²) < 4.78 is 12.8. The standard InChI is InChI=1S/C18H23FN2O2/c19-15-7-5-13(6-8-15)9-10-20-18(23)14-11-17(22)21(12-14)16-3-1-2-4-16/h5-8,14,16H,1-4,9-12H2,(H,20,23). The quantitative estimate of drug-likeness (QED) is 0.905. The fourth-order valence-electron chi connectivity index (χ4n) is 3.60. The van der Waals surface area contributed by atoms with Crippen molar-refractivity contribution in [3.63, 3.8) is 0 Å². The Morgan fingerprint density at radius 1 is 1.22 bits per heavy atom. The SMILES string of the molecule is O=C(NCCc1ccc(F)cc1)C1CC(=O)N(C2CCCC2)C1. The summed E-state index contributed by atoms with van der Waals surface area (Å²) in [5, 5.41) is 2.91. The summed E-state index contributed by atoms with van der Waals surface area (Å²) in [7, 11) is 0. The van der Waals surface area contributed by atoms with Crippen molar-refractivity contribution in [1.29, 1.82) is 0 Å². The van der Waals surface area contributed by atoms with Gasteiger partial charge in [-0.2, -0.15) is 0 Å². The molecule has 5 heteroatoms. The van der Waals surface area contributed by atoms with Gasteiger partial charge in [0, 0.05) is 25.6 Å². The van der Waals surface area contributed by atoms with Crippen LogP contribution in [0, 0.1) is 11.7 Å². The molecule has 0 bridgehead atoms. The topological polar surface area (TPSA) is 49.4 Å². The van der Waals surface area contributed by atoms with Gasteiger partial charge in [0.25, 0.3) is 0 Å². The minimum atomic E-state index is -0.255. The van der Waals surface area contributed by atoms with Crippen molar-refractivity contribution in [2.45, 2.75) is 44.6 Å². The monoisotopic (exact) mass is 318 g/mol. The number of amides is 2. The van der Waals surface area contributed by atoms with Crippen molar-refractivity contribution in [2.24, 2.45) is 5.92 Å². The molecule has 1 saturated carbocycles. The van der Waals surface area contributed by atoms with Crippen molar-refractivity contribution >= 4 is 11.8 Å². The van der Waals surface area contributed by atoms with Crippen LogP contribution in [0.2, 0.25) is 0 Å². The Balaban J connectivity index is 1.45. The van der Waals surface area contributed by atoms with Gasteiger partial charge in [0.05, 0.1) is 5.92 Å². The number of nitrogens with one attached hydrogen (secondary N) is 1. The zero-order valence-corrected chi connectivity index (χ0v) is 13.3. The average Bonchev–Trinajstić information content (AvgIpc) is 3.18. The molecule has 2 aliphatic rings. The maximum absolute atomic E-state index is 12.8. The molecule has 0 spiro atoms. The number of carbonyl (C=O) groups excluding carboxylic acids is 2. The van der Waals surface area contributed by atoms with E-state index in [1.807, 2.05) is 4.90 Å². The molecule has 23 heavy (non-hydrogen) atoms. The zero-order valence-electron chi connectivity index (χ0n) is 13.3. The van der Waals surface area contributed by atoms with Gasteiger partial charge in [0.2, 0.25) is 11.8 Å². The van der Waals surface area contributed by atoms with E-state index in [1.165, 1.54) is 25.0 Å². The van der Waals surface area contributed by atoms with Crippen molar-refractivity contribution < 1.29 is 14.0 Å². The number of hydrogen-bond donors (Lipinski definition) is 1. The van der Waals surface area contributed by atoms with Crippen LogP contribution in [0.15, 0.2) is 24.3 Å². The van der Waals surface area contributed by atoms with Gasteiger partial charge in [-0.05, 0) is 37.0 Å². The molecule has 124 valence electrons. The highest BCUT2D eigenvalue weighted by atomic mass is 19.1. The first-order valence-corrected chi connectivity index (χ1v) is 8.45. The molecule has 1 heterocycles. The Morgan fingerprint density at radius 3 is 2.61 bits per heavy atom. The molecule has 1 aliphatic heterocycles. The van der Waals surface area contributed by atoms with E-state index in [4.69, 9.17) is 0 Å². The normalized spacial score (nSPS) is 21.9. The van der Waals surface area contributed by atoms with Crippen LogP contribution in [-0.2, 0) is 16.0 Å². The molecule has 1 unspecified atom stereocenters. The number of halogens is 1. The highest BCUT2D eigenvalue weighted by Crippen LogP contribution is 2.29. The van der Waals surface area contributed by atoms with Crippen LogP contribution in [0.4, 0.5) is 4.39 Å². The van der Waals surface area contributed by atoms with Crippen LogP contribution in [0.3, 0.4) is 0 Å². The Morgan fingerprint density at radius 2 is 1.91 bits per heavy atom. The molecule has 4 nitrogen and oxygen atoms in total. The molecule has 1 atom stereocenters. The van der Waals surface area contributed by atoms with Gasteiger partial charge in [-0.25, -0.2) is 4.39 Å². The second kappa shape index (κ2) is 7.11. The lowest BCUT2D eigenvalue weighted by Gasteiger charge is -2.23. The molecule has 0 aromatic heterocycles. The van der Waals surface area contributed by atoms with Crippen molar-refractivity contribution in [3.05, 3.63) is 35.6 Å². The van der Waals surface area contributed by atoms with Gasteiger partial charge >= 0.3 is 0 Å². The molecule has 1 saturated heterocycles. The van der Waals surface area contributed by atoms with E-state index in [0.29, 0.717) is 32.0 Å². The highest BCUT2D eigenvalue weighted by Gasteiger charge is 2.38. The molecule has 1 aromatic carbocycles. The first-order valence-electron chi connectivity index (χ1n) is 8.45. The largest absolute Gasteiger partial charge is 0.355 e. The maximum atomic E-state index is 12.8. The minimum absolute atomic E-state index is 0.0408. The van der Waals surface area contributed by atoms with Gasteiger partial charge in [0.1, 0.15) is 5.82 Å². The number of benzene rings is 1. The summed E-state index contributed by atoms with van der Waals surface area (Å²) in [6.45, 7) is 1.07. The fraction of sp³-hybridized carbons (Fsp3) is 0.556. The zero-order chi connectivity index (χ0) is 16.2. The Labute approximate surface area is 136 Å². The summed E-state index contributed by atoms with van der Waals surface area (Å²) in [4.78, 5) is 26.3. The highest BCUT2D eigenvalue weighted by molar-refractivity contribution is 5.89. The predicted molar refractivity (Wildman–Crippen MR) is 85.2 cm³/mol. The molecule has 1 aliphatic carbocycles. The maximum Gasteiger partial charge on any atom is 0.225 e. The number of carbonyl (C=O) groups is 2. The molecular weight excluding hydrogens is 295 g/mol. The summed E-state index contributed by atoms with van der Waals surface area (Å²) in [5.41, 5.74) is 0.988. The number of hydrogen-bond acceptors (Lipinski definition) is 2. The summed E-state index contributed by atoms with van der Waals surface area (Å²) in [5.74, 6) is -0.401. The smallest absolute Gasteiger partial charge is 0.225 e. The minimum Gasteiger partial charge on any atom is -0.355 e. The van der Waals surface area contributed by atoms with Crippen LogP contribution in [0.5, 0.6) is 0 Å². The first-order chi connectivity index (χ1) is 11.1. The van der Waals surface area contributed by atoms with Gasteiger partial charge in [-0.1, -0.05) is 25.0 Å². The van der Waals surface area contributed by atoms with Gasteiger partial charge in [-0.15, -0.1) is 0 Å². The number of rotatable bonds is 5. The number of nitrogens with zero attached hydrogens (tertiary/aromatic N) is 1. The summed E-state index contributed by atoms with van der Waals surface area (Å²) in [6, 6.07) is 6.64.